The third-order valence-electron chi connectivity index (χ3n) is 5.57. The fraction of sp³-hybridized carbons (Fsp3) is 0.208. The van der Waals surface area contributed by atoms with Gasteiger partial charge >= 0.3 is 0 Å². The summed E-state index contributed by atoms with van der Waals surface area (Å²) in [6.07, 6.45) is 7.21. The SMILES string of the molecule is CSc1cn(-c2ncc(-c3ccccc3F)cn2)c2cc(C(=O)N3CCOCC3)ccc12. The zero-order valence-electron chi connectivity index (χ0n) is 17.5. The predicted molar refractivity (Wildman–Crippen MR) is 123 cm³/mol. The van der Waals surface area contributed by atoms with Gasteiger partial charge in [0.25, 0.3) is 5.91 Å². The van der Waals surface area contributed by atoms with Gasteiger partial charge in [0.1, 0.15) is 5.82 Å². The Morgan fingerprint density at radius 1 is 1.09 bits per heavy atom. The number of hydrogen-bond acceptors (Lipinski definition) is 5. The number of amides is 1. The van der Waals surface area contributed by atoms with Gasteiger partial charge in [-0.3, -0.25) is 9.36 Å². The summed E-state index contributed by atoms with van der Waals surface area (Å²) in [5, 5.41) is 1.03. The fourth-order valence-electron chi connectivity index (χ4n) is 3.89. The molecule has 32 heavy (non-hydrogen) atoms. The summed E-state index contributed by atoms with van der Waals surface area (Å²) < 4.78 is 21.4. The molecule has 1 fully saturated rings. The molecule has 1 aliphatic rings. The summed E-state index contributed by atoms with van der Waals surface area (Å²) in [4.78, 5) is 24.9. The molecule has 0 bridgehead atoms. The van der Waals surface area contributed by atoms with E-state index < -0.39 is 0 Å². The van der Waals surface area contributed by atoms with Crippen LogP contribution < -0.4 is 0 Å². The van der Waals surface area contributed by atoms with E-state index in [9.17, 15) is 9.18 Å². The number of aromatic nitrogens is 3. The van der Waals surface area contributed by atoms with Crippen molar-refractivity contribution in [2.75, 3.05) is 32.6 Å². The molecule has 4 aromatic rings. The fourth-order valence-corrected chi connectivity index (χ4v) is 4.49. The number of nitrogens with zero attached hydrogens (tertiary/aromatic N) is 4. The highest BCUT2D eigenvalue weighted by atomic mass is 32.2. The summed E-state index contributed by atoms with van der Waals surface area (Å²) >= 11 is 1.62. The second kappa shape index (κ2) is 8.72. The Morgan fingerprint density at radius 2 is 1.84 bits per heavy atom. The topological polar surface area (TPSA) is 60.2 Å². The molecule has 5 rings (SSSR count). The minimum Gasteiger partial charge on any atom is -0.378 e. The Bertz CT molecular complexity index is 1280. The number of halogens is 1. The predicted octanol–water partition coefficient (Wildman–Crippen LogP) is 4.42. The minimum absolute atomic E-state index is 0.00975. The molecular weight excluding hydrogens is 427 g/mol. The van der Waals surface area contributed by atoms with Crippen LogP contribution in [0.25, 0.3) is 28.0 Å². The van der Waals surface area contributed by atoms with Crippen LogP contribution >= 0.6 is 11.8 Å². The standard InChI is InChI=1S/C24H21FN4O2S/c1-32-22-15-29(24-26-13-17(14-27-24)18-4-2-3-5-20(18)25)21-12-16(6-7-19(21)22)23(30)28-8-10-31-11-9-28/h2-7,12-15H,8-11H2,1H3. The first-order chi connectivity index (χ1) is 15.7. The Morgan fingerprint density at radius 3 is 2.56 bits per heavy atom. The second-order valence-corrected chi connectivity index (χ2v) is 8.30. The number of fused-ring (bicyclic) bond motifs is 1. The van der Waals surface area contributed by atoms with Crippen LogP contribution in [0, 0.1) is 5.82 Å². The quantitative estimate of drug-likeness (QED) is 0.433. The zero-order chi connectivity index (χ0) is 22.1. The molecular formula is C24H21FN4O2S. The van der Waals surface area contributed by atoms with E-state index in [2.05, 4.69) is 9.97 Å². The van der Waals surface area contributed by atoms with E-state index in [4.69, 9.17) is 4.74 Å². The maximum Gasteiger partial charge on any atom is 0.254 e. The molecule has 1 saturated heterocycles. The molecule has 0 N–H and O–H groups in total. The smallest absolute Gasteiger partial charge is 0.254 e. The molecule has 0 radical (unpaired) electrons. The molecule has 0 unspecified atom stereocenters. The van der Waals surface area contributed by atoms with Crippen LogP contribution in [-0.2, 0) is 4.74 Å². The van der Waals surface area contributed by atoms with E-state index in [1.54, 1.807) is 42.4 Å². The summed E-state index contributed by atoms with van der Waals surface area (Å²) in [6, 6.07) is 12.3. The molecule has 0 atom stereocenters. The van der Waals surface area contributed by atoms with Crippen molar-refractivity contribution in [2.24, 2.45) is 0 Å². The van der Waals surface area contributed by atoms with E-state index in [0.29, 0.717) is 48.9 Å². The van der Waals surface area contributed by atoms with E-state index >= 15 is 0 Å². The third-order valence-corrected chi connectivity index (χ3v) is 6.34. The zero-order valence-corrected chi connectivity index (χ0v) is 18.3. The lowest BCUT2D eigenvalue weighted by Gasteiger charge is -2.26. The largest absolute Gasteiger partial charge is 0.378 e. The lowest BCUT2D eigenvalue weighted by atomic mass is 10.1. The first-order valence-electron chi connectivity index (χ1n) is 10.3. The van der Waals surface area contributed by atoms with Gasteiger partial charge < -0.3 is 9.64 Å². The van der Waals surface area contributed by atoms with Gasteiger partial charge in [-0.25, -0.2) is 14.4 Å². The van der Waals surface area contributed by atoms with Crippen LogP contribution in [0.5, 0.6) is 0 Å². The lowest BCUT2D eigenvalue weighted by molar-refractivity contribution is 0.0303. The lowest BCUT2D eigenvalue weighted by Crippen LogP contribution is -2.40. The summed E-state index contributed by atoms with van der Waals surface area (Å²) in [6.45, 7) is 2.30. The Hall–Kier alpha value is -3.23. The summed E-state index contributed by atoms with van der Waals surface area (Å²) in [7, 11) is 0. The third kappa shape index (κ3) is 3.76. The normalized spacial score (nSPS) is 14.1. The van der Waals surface area contributed by atoms with Crippen LogP contribution in [-0.4, -0.2) is 57.9 Å². The molecule has 1 aliphatic heterocycles. The van der Waals surface area contributed by atoms with Crippen molar-refractivity contribution in [1.29, 1.82) is 0 Å². The van der Waals surface area contributed by atoms with Gasteiger partial charge in [-0.05, 0) is 24.5 Å². The Labute approximate surface area is 189 Å². The summed E-state index contributed by atoms with van der Waals surface area (Å²) in [5.74, 6) is 0.141. The van der Waals surface area contributed by atoms with E-state index in [1.807, 2.05) is 40.1 Å². The maximum atomic E-state index is 14.1. The number of hydrogen-bond donors (Lipinski definition) is 0. The first kappa shape index (κ1) is 20.7. The average molecular weight is 449 g/mol. The van der Waals surface area contributed by atoms with Crippen molar-refractivity contribution in [3.8, 4) is 17.1 Å². The highest BCUT2D eigenvalue weighted by Crippen LogP contribution is 2.31. The molecule has 6 nitrogen and oxygen atoms in total. The van der Waals surface area contributed by atoms with Crippen LogP contribution in [0.1, 0.15) is 10.4 Å². The first-order valence-corrected chi connectivity index (χ1v) is 11.5. The summed E-state index contributed by atoms with van der Waals surface area (Å²) in [5.41, 5.74) is 2.54. The Kier molecular flexibility index (Phi) is 5.63. The average Bonchev–Trinajstić information content (AvgIpc) is 3.22. The van der Waals surface area contributed by atoms with Crippen LogP contribution in [0.3, 0.4) is 0 Å². The highest BCUT2D eigenvalue weighted by Gasteiger charge is 2.20. The van der Waals surface area contributed by atoms with Gasteiger partial charge in [0.05, 0.1) is 18.7 Å². The Balaban J connectivity index is 1.54. The van der Waals surface area contributed by atoms with Crippen molar-refractivity contribution in [3.63, 3.8) is 0 Å². The molecule has 8 heteroatoms. The van der Waals surface area contributed by atoms with Gasteiger partial charge in [0.15, 0.2) is 0 Å². The number of carbonyl (C=O) groups is 1. The molecule has 3 heterocycles. The molecule has 2 aromatic carbocycles. The molecule has 2 aromatic heterocycles. The van der Waals surface area contributed by atoms with E-state index in [0.717, 1.165) is 15.8 Å². The van der Waals surface area contributed by atoms with Gasteiger partial charge in [-0.15, -0.1) is 11.8 Å². The van der Waals surface area contributed by atoms with Gasteiger partial charge in [0, 0.05) is 58.7 Å². The molecule has 0 aliphatic carbocycles. The number of ether oxygens (including phenoxy) is 1. The second-order valence-electron chi connectivity index (χ2n) is 7.46. The number of thioether (sulfide) groups is 1. The van der Waals surface area contributed by atoms with Crippen molar-refractivity contribution in [3.05, 3.63) is 72.4 Å². The monoisotopic (exact) mass is 448 g/mol. The van der Waals surface area contributed by atoms with E-state index in [-0.39, 0.29) is 11.7 Å². The van der Waals surface area contributed by atoms with Crippen molar-refractivity contribution in [1.82, 2.24) is 19.4 Å². The number of morpholine rings is 1. The maximum absolute atomic E-state index is 14.1. The number of rotatable bonds is 4. The van der Waals surface area contributed by atoms with Gasteiger partial charge in [0.2, 0.25) is 5.95 Å². The number of carbonyl (C=O) groups excluding carboxylic acids is 1. The molecule has 0 saturated carbocycles. The molecule has 1 amide bonds. The molecule has 162 valence electrons. The minimum atomic E-state index is -0.314. The van der Waals surface area contributed by atoms with Crippen LogP contribution in [0.2, 0.25) is 0 Å². The highest BCUT2D eigenvalue weighted by molar-refractivity contribution is 7.98. The van der Waals surface area contributed by atoms with Crippen molar-refractivity contribution in [2.45, 2.75) is 4.90 Å². The van der Waals surface area contributed by atoms with Crippen molar-refractivity contribution < 1.29 is 13.9 Å². The van der Waals surface area contributed by atoms with Crippen LogP contribution in [0.15, 0.2) is 66.0 Å². The van der Waals surface area contributed by atoms with Crippen LogP contribution in [0.4, 0.5) is 4.39 Å². The molecule has 0 spiro atoms. The van der Waals surface area contributed by atoms with Crippen molar-refractivity contribution >= 4 is 28.6 Å². The number of benzene rings is 2. The van der Waals surface area contributed by atoms with Gasteiger partial charge in [-0.2, -0.15) is 0 Å². The van der Waals surface area contributed by atoms with Gasteiger partial charge in [-0.1, -0.05) is 24.3 Å². The van der Waals surface area contributed by atoms with E-state index in [1.165, 1.54) is 6.07 Å².